The van der Waals surface area contributed by atoms with Crippen LogP contribution in [-0.4, -0.2) is 17.6 Å². The number of aromatic nitrogens is 1. The highest BCUT2D eigenvalue weighted by molar-refractivity contribution is 7.09. The molecule has 0 spiro atoms. The van der Waals surface area contributed by atoms with Gasteiger partial charge in [-0.15, -0.1) is 11.3 Å². The molecule has 0 aliphatic heterocycles. The number of thiazole rings is 1. The van der Waals surface area contributed by atoms with Crippen molar-refractivity contribution >= 4 is 17.3 Å². The Balaban J connectivity index is 2.49. The molecular weight excluding hydrogens is 188 g/mol. The highest BCUT2D eigenvalue weighted by atomic mass is 32.1. The summed E-state index contributed by atoms with van der Waals surface area (Å²) in [5, 5.41) is 2.68. The molecule has 0 aliphatic carbocycles. The van der Waals surface area contributed by atoms with Gasteiger partial charge >= 0.3 is 5.97 Å². The zero-order chi connectivity index (χ0) is 9.68. The summed E-state index contributed by atoms with van der Waals surface area (Å²) in [7, 11) is 0. The van der Waals surface area contributed by atoms with E-state index in [4.69, 9.17) is 10.5 Å². The van der Waals surface area contributed by atoms with Gasteiger partial charge in [0.2, 0.25) is 0 Å². The Kier molecular flexibility index (Phi) is 3.85. The molecule has 0 saturated heterocycles. The topological polar surface area (TPSA) is 65.2 Å². The highest BCUT2D eigenvalue weighted by Crippen LogP contribution is 2.09. The molecule has 1 rings (SSSR count). The van der Waals surface area contributed by atoms with E-state index in [-0.39, 0.29) is 12.4 Å². The van der Waals surface area contributed by atoms with Gasteiger partial charge < -0.3 is 10.5 Å². The molecule has 0 fully saturated rings. The van der Waals surface area contributed by atoms with E-state index in [0.717, 1.165) is 10.7 Å². The van der Waals surface area contributed by atoms with Gasteiger partial charge in [0, 0.05) is 11.9 Å². The maximum absolute atomic E-state index is 11.0. The van der Waals surface area contributed by atoms with Crippen molar-refractivity contribution in [3.63, 3.8) is 0 Å². The molecule has 0 radical (unpaired) electrons. The van der Waals surface area contributed by atoms with Crippen molar-refractivity contribution in [2.24, 2.45) is 5.73 Å². The Morgan fingerprint density at radius 2 is 2.54 bits per heavy atom. The molecule has 0 bridgehead atoms. The summed E-state index contributed by atoms with van der Waals surface area (Å²) in [4.78, 5) is 15.2. The fourth-order valence-corrected chi connectivity index (χ4v) is 1.56. The van der Waals surface area contributed by atoms with Crippen molar-refractivity contribution in [1.82, 2.24) is 4.98 Å². The molecule has 0 aromatic carbocycles. The Labute approximate surface area is 80.7 Å². The molecule has 0 atom stereocenters. The molecule has 0 saturated carbocycles. The van der Waals surface area contributed by atoms with E-state index >= 15 is 0 Å². The third-order valence-electron chi connectivity index (χ3n) is 1.40. The number of hydrogen-bond donors (Lipinski definition) is 1. The molecule has 1 aromatic rings. The average molecular weight is 200 g/mol. The maximum Gasteiger partial charge on any atom is 0.311 e. The minimum atomic E-state index is -0.239. The van der Waals surface area contributed by atoms with Gasteiger partial charge in [0.25, 0.3) is 0 Å². The van der Waals surface area contributed by atoms with Gasteiger partial charge in [-0.2, -0.15) is 0 Å². The zero-order valence-corrected chi connectivity index (χ0v) is 8.26. The maximum atomic E-state index is 11.0. The third-order valence-corrected chi connectivity index (χ3v) is 2.32. The first kappa shape index (κ1) is 10.1. The van der Waals surface area contributed by atoms with Crippen LogP contribution in [0.5, 0.6) is 0 Å². The minimum absolute atomic E-state index is 0.239. The van der Waals surface area contributed by atoms with Crippen LogP contribution in [0.3, 0.4) is 0 Å². The van der Waals surface area contributed by atoms with Crippen molar-refractivity contribution in [2.45, 2.75) is 19.9 Å². The van der Waals surface area contributed by atoms with Gasteiger partial charge in [-0.25, -0.2) is 4.98 Å². The molecule has 0 aliphatic rings. The van der Waals surface area contributed by atoms with Gasteiger partial charge in [-0.1, -0.05) is 0 Å². The van der Waals surface area contributed by atoms with E-state index in [1.807, 2.05) is 5.38 Å². The van der Waals surface area contributed by atoms with Gasteiger partial charge in [-0.3, -0.25) is 4.79 Å². The van der Waals surface area contributed by atoms with Gasteiger partial charge in [0.15, 0.2) is 0 Å². The highest BCUT2D eigenvalue weighted by Gasteiger charge is 2.06. The molecule has 1 heterocycles. The summed E-state index contributed by atoms with van der Waals surface area (Å²) >= 11 is 1.47. The lowest BCUT2D eigenvalue weighted by Crippen LogP contribution is -2.08. The number of rotatable bonds is 4. The van der Waals surface area contributed by atoms with Crippen LogP contribution in [0.15, 0.2) is 5.38 Å². The second kappa shape index (κ2) is 4.94. The quantitative estimate of drug-likeness (QED) is 0.727. The fourth-order valence-electron chi connectivity index (χ4n) is 0.884. The summed E-state index contributed by atoms with van der Waals surface area (Å²) < 4.78 is 4.78. The van der Waals surface area contributed by atoms with Crippen LogP contribution in [0.4, 0.5) is 0 Å². The monoisotopic (exact) mass is 200 g/mol. The first-order valence-electron chi connectivity index (χ1n) is 4.05. The smallest absolute Gasteiger partial charge is 0.311 e. The molecule has 13 heavy (non-hydrogen) atoms. The minimum Gasteiger partial charge on any atom is -0.466 e. The number of ether oxygens (including phenoxy) is 1. The van der Waals surface area contributed by atoms with Crippen molar-refractivity contribution in [3.8, 4) is 0 Å². The summed E-state index contributed by atoms with van der Waals surface area (Å²) in [5.41, 5.74) is 6.12. The Morgan fingerprint density at radius 1 is 1.77 bits per heavy atom. The molecule has 4 nitrogen and oxygen atoms in total. The van der Waals surface area contributed by atoms with E-state index in [1.54, 1.807) is 6.92 Å². The zero-order valence-electron chi connectivity index (χ0n) is 7.45. The predicted molar refractivity (Wildman–Crippen MR) is 50.3 cm³/mol. The van der Waals surface area contributed by atoms with Gasteiger partial charge in [0.1, 0.15) is 5.01 Å². The lowest BCUT2D eigenvalue weighted by atomic mass is 10.3. The van der Waals surface area contributed by atoms with Crippen molar-refractivity contribution < 1.29 is 9.53 Å². The molecule has 0 amide bonds. The Bertz CT molecular complexity index is 285. The SMILES string of the molecule is CCOC(=O)Cc1csc(CN)n1. The van der Waals surface area contributed by atoms with Crippen LogP contribution >= 0.6 is 11.3 Å². The van der Waals surface area contributed by atoms with Gasteiger partial charge in [-0.05, 0) is 6.92 Å². The second-order valence-corrected chi connectivity index (χ2v) is 3.36. The van der Waals surface area contributed by atoms with E-state index in [2.05, 4.69) is 4.98 Å². The molecular formula is C8H12N2O2S. The normalized spacial score (nSPS) is 10.0. The van der Waals surface area contributed by atoms with Crippen LogP contribution < -0.4 is 5.73 Å². The molecule has 2 N–H and O–H groups in total. The van der Waals surface area contributed by atoms with Crippen molar-refractivity contribution in [3.05, 3.63) is 16.1 Å². The number of hydrogen-bond acceptors (Lipinski definition) is 5. The number of nitrogens with zero attached hydrogens (tertiary/aromatic N) is 1. The number of nitrogens with two attached hydrogens (primary N) is 1. The lowest BCUT2D eigenvalue weighted by molar-refractivity contribution is -0.142. The molecule has 0 unspecified atom stereocenters. The van der Waals surface area contributed by atoms with Crippen molar-refractivity contribution in [2.75, 3.05) is 6.61 Å². The first-order chi connectivity index (χ1) is 6.26. The Hall–Kier alpha value is -0.940. The standard InChI is InChI=1S/C8H12N2O2S/c1-2-12-8(11)3-6-5-13-7(4-9)10-6/h5H,2-4,9H2,1H3. The number of esters is 1. The summed E-state index contributed by atoms with van der Waals surface area (Å²) in [5.74, 6) is -0.239. The van der Waals surface area contributed by atoms with Crippen molar-refractivity contribution in [1.29, 1.82) is 0 Å². The molecule has 1 aromatic heterocycles. The summed E-state index contributed by atoms with van der Waals surface area (Å²) in [6, 6.07) is 0. The predicted octanol–water partition coefficient (Wildman–Crippen LogP) is 0.707. The fraction of sp³-hybridized carbons (Fsp3) is 0.500. The van der Waals surface area contributed by atoms with E-state index in [1.165, 1.54) is 11.3 Å². The van der Waals surface area contributed by atoms with Gasteiger partial charge in [0.05, 0.1) is 18.7 Å². The van der Waals surface area contributed by atoms with E-state index in [0.29, 0.717) is 13.2 Å². The lowest BCUT2D eigenvalue weighted by Gasteiger charge is -1.97. The van der Waals surface area contributed by atoms with E-state index < -0.39 is 0 Å². The van der Waals surface area contributed by atoms with E-state index in [9.17, 15) is 4.79 Å². The second-order valence-electron chi connectivity index (χ2n) is 2.42. The largest absolute Gasteiger partial charge is 0.466 e. The van der Waals surface area contributed by atoms with Crippen LogP contribution in [0.2, 0.25) is 0 Å². The van der Waals surface area contributed by atoms with Crippen LogP contribution in [0, 0.1) is 0 Å². The number of carbonyl (C=O) groups excluding carboxylic acids is 1. The Morgan fingerprint density at radius 3 is 3.08 bits per heavy atom. The average Bonchev–Trinajstić information content (AvgIpc) is 2.52. The van der Waals surface area contributed by atoms with Crippen LogP contribution in [0.1, 0.15) is 17.6 Å². The summed E-state index contributed by atoms with van der Waals surface area (Å²) in [6.45, 7) is 2.62. The molecule has 72 valence electrons. The molecule has 5 heteroatoms. The number of carbonyl (C=O) groups is 1. The third kappa shape index (κ3) is 3.12. The first-order valence-corrected chi connectivity index (χ1v) is 4.93. The van der Waals surface area contributed by atoms with Crippen LogP contribution in [-0.2, 0) is 22.5 Å². The van der Waals surface area contributed by atoms with Crippen LogP contribution in [0.25, 0.3) is 0 Å². The summed E-state index contributed by atoms with van der Waals surface area (Å²) in [6.07, 6.45) is 0.240.